The second-order valence-corrected chi connectivity index (χ2v) is 3.81. The van der Waals surface area contributed by atoms with Crippen LogP contribution in [0.5, 0.6) is 0 Å². The van der Waals surface area contributed by atoms with Crippen LogP contribution in [0.2, 0.25) is 0 Å². The van der Waals surface area contributed by atoms with Gasteiger partial charge in [-0.15, -0.1) is 0 Å². The molecule has 1 aliphatic rings. The largest absolute Gasteiger partial charge is 0.393 e. The normalized spacial score (nSPS) is 21.1. The lowest BCUT2D eigenvalue weighted by molar-refractivity contribution is 0.0840. The summed E-state index contributed by atoms with van der Waals surface area (Å²) in [6, 6.07) is 0. The maximum absolute atomic E-state index is 9.23. The Morgan fingerprint density at radius 2 is 2.08 bits per heavy atom. The predicted molar refractivity (Wildman–Crippen MR) is 53.1 cm³/mol. The number of rotatable bonds is 3. The van der Waals surface area contributed by atoms with Crippen molar-refractivity contribution >= 4 is 17.2 Å². The zero-order valence-electron chi connectivity index (χ0n) is 7.20. The third-order valence-corrected chi connectivity index (χ3v) is 2.44. The van der Waals surface area contributed by atoms with Gasteiger partial charge in [0, 0.05) is 26.1 Å². The molecule has 3 N–H and O–H groups in total. The molecule has 0 aromatic heterocycles. The Labute approximate surface area is 78.5 Å². The molecule has 70 valence electrons. The van der Waals surface area contributed by atoms with Crippen LogP contribution in [0.25, 0.3) is 0 Å². The number of likely N-dealkylation sites (tertiary alicyclic amines) is 1. The Hall–Kier alpha value is -0.190. The van der Waals surface area contributed by atoms with Gasteiger partial charge in [0.2, 0.25) is 0 Å². The van der Waals surface area contributed by atoms with Gasteiger partial charge >= 0.3 is 0 Å². The van der Waals surface area contributed by atoms with Gasteiger partial charge < -0.3 is 15.7 Å². The first-order valence-electron chi connectivity index (χ1n) is 4.37. The Kier molecular flexibility index (Phi) is 3.91. The summed E-state index contributed by atoms with van der Waals surface area (Å²) < 4.78 is 0. The SMILES string of the molecule is NC(=S)CCN1CCC(O)CC1. The molecule has 1 heterocycles. The van der Waals surface area contributed by atoms with Crippen LogP contribution in [0.1, 0.15) is 19.3 Å². The van der Waals surface area contributed by atoms with Crippen LogP contribution in [0, 0.1) is 0 Å². The average molecular weight is 188 g/mol. The summed E-state index contributed by atoms with van der Waals surface area (Å²) in [5.41, 5.74) is 5.39. The summed E-state index contributed by atoms with van der Waals surface area (Å²) >= 11 is 4.79. The van der Waals surface area contributed by atoms with Crippen LogP contribution in [-0.2, 0) is 0 Å². The molecule has 0 saturated carbocycles. The third kappa shape index (κ3) is 3.47. The monoisotopic (exact) mass is 188 g/mol. The van der Waals surface area contributed by atoms with E-state index in [1.807, 2.05) is 0 Å². The number of aliphatic hydroxyl groups excluding tert-OH is 1. The molecule has 0 bridgehead atoms. The molecule has 12 heavy (non-hydrogen) atoms. The van der Waals surface area contributed by atoms with E-state index in [2.05, 4.69) is 4.90 Å². The molecule has 0 atom stereocenters. The molecule has 0 aliphatic carbocycles. The summed E-state index contributed by atoms with van der Waals surface area (Å²) in [7, 11) is 0. The van der Waals surface area contributed by atoms with E-state index in [1.54, 1.807) is 0 Å². The maximum Gasteiger partial charge on any atom is 0.0740 e. The van der Waals surface area contributed by atoms with E-state index in [-0.39, 0.29) is 6.10 Å². The first kappa shape index (κ1) is 9.89. The van der Waals surface area contributed by atoms with E-state index in [4.69, 9.17) is 18.0 Å². The summed E-state index contributed by atoms with van der Waals surface area (Å²) in [5, 5.41) is 9.23. The van der Waals surface area contributed by atoms with Crippen molar-refractivity contribution in [2.24, 2.45) is 5.73 Å². The Morgan fingerprint density at radius 3 is 2.58 bits per heavy atom. The van der Waals surface area contributed by atoms with Gasteiger partial charge in [-0.1, -0.05) is 12.2 Å². The van der Waals surface area contributed by atoms with Crippen LogP contribution >= 0.6 is 12.2 Å². The summed E-state index contributed by atoms with van der Waals surface area (Å²) in [6.45, 7) is 2.90. The fourth-order valence-electron chi connectivity index (χ4n) is 1.41. The van der Waals surface area contributed by atoms with Crippen molar-refractivity contribution in [2.75, 3.05) is 19.6 Å². The van der Waals surface area contributed by atoms with Gasteiger partial charge in [-0.3, -0.25) is 0 Å². The lowest BCUT2D eigenvalue weighted by Crippen LogP contribution is -2.37. The Bertz CT molecular complexity index is 155. The second-order valence-electron chi connectivity index (χ2n) is 3.29. The van der Waals surface area contributed by atoms with Crippen molar-refractivity contribution in [1.82, 2.24) is 4.90 Å². The number of nitrogens with zero attached hydrogens (tertiary/aromatic N) is 1. The zero-order valence-corrected chi connectivity index (χ0v) is 8.02. The van der Waals surface area contributed by atoms with Crippen LogP contribution < -0.4 is 5.73 Å². The molecule has 3 nitrogen and oxygen atoms in total. The second kappa shape index (κ2) is 4.74. The van der Waals surface area contributed by atoms with Gasteiger partial charge in [-0.05, 0) is 12.8 Å². The molecule has 1 fully saturated rings. The zero-order chi connectivity index (χ0) is 8.97. The van der Waals surface area contributed by atoms with Crippen LogP contribution in [0.3, 0.4) is 0 Å². The average Bonchev–Trinajstić information content (AvgIpc) is 2.03. The van der Waals surface area contributed by atoms with Crippen molar-refractivity contribution in [3.63, 3.8) is 0 Å². The molecular formula is C8H16N2OS. The van der Waals surface area contributed by atoms with Crippen molar-refractivity contribution < 1.29 is 5.11 Å². The van der Waals surface area contributed by atoms with Gasteiger partial charge in [0.25, 0.3) is 0 Å². The summed E-state index contributed by atoms with van der Waals surface area (Å²) in [5.74, 6) is 0. The van der Waals surface area contributed by atoms with Crippen molar-refractivity contribution in [1.29, 1.82) is 0 Å². The molecule has 0 radical (unpaired) electrons. The first-order valence-corrected chi connectivity index (χ1v) is 4.78. The highest BCUT2D eigenvalue weighted by atomic mass is 32.1. The number of thiocarbonyl (C=S) groups is 1. The van der Waals surface area contributed by atoms with Gasteiger partial charge in [0.15, 0.2) is 0 Å². The topological polar surface area (TPSA) is 49.5 Å². The number of hydrogen-bond donors (Lipinski definition) is 2. The highest BCUT2D eigenvalue weighted by Gasteiger charge is 2.16. The lowest BCUT2D eigenvalue weighted by Gasteiger charge is -2.29. The molecule has 0 aromatic rings. The van der Waals surface area contributed by atoms with E-state index in [0.717, 1.165) is 38.9 Å². The quantitative estimate of drug-likeness (QED) is 0.618. The van der Waals surface area contributed by atoms with Gasteiger partial charge in [0.05, 0.1) is 11.1 Å². The minimum Gasteiger partial charge on any atom is -0.393 e. The molecule has 4 heteroatoms. The number of piperidine rings is 1. The number of aliphatic hydroxyl groups is 1. The maximum atomic E-state index is 9.23. The number of hydrogen-bond acceptors (Lipinski definition) is 3. The molecule has 0 spiro atoms. The van der Waals surface area contributed by atoms with E-state index in [9.17, 15) is 5.11 Å². The Balaban J connectivity index is 2.13. The highest BCUT2D eigenvalue weighted by Crippen LogP contribution is 2.09. The highest BCUT2D eigenvalue weighted by molar-refractivity contribution is 7.80. The van der Waals surface area contributed by atoms with E-state index >= 15 is 0 Å². The van der Waals surface area contributed by atoms with E-state index in [0.29, 0.717) is 4.99 Å². The van der Waals surface area contributed by atoms with Crippen LogP contribution in [-0.4, -0.2) is 40.7 Å². The molecule has 0 amide bonds. The molecule has 1 saturated heterocycles. The van der Waals surface area contributed by atoms with Gasteiger partial charge in [0.1, 0.15) is 0 Å². The summed E-state index contributed by atoms with van der Waals surface area (Å²) in [6.07, 6.45) is 2.48. The van der Waals surface area contributed by atoms with E-state index < -0.39 is 0 Å². The summed E-state index contributed by atoms with van der Waals surface area (Å²) in [4.78, 5) is 2.88. The molecule has 0 aromatic carbocycles. The molecule has 1 aliphatic heterocycles. The smallest absolute Gasteiger partial charge is 0.0740 e. The fraction of sp³-hybridized carbons (Fsp3) is 0.875. The van der Waals surface area contributed by atoms with Gasteiger partial charge in [-0.2, -0.15) is 0 Å². The van der Waals surface area contributed by atoms with Crippen molar-refractivity contribution in [3.05, 3.63) is 0 Å². The number of nitrogens with two attached hydrogens (primary N) is 1. The lowest BCUT2D eigenvalue weighted by atomic mass is 10.1. The van der Waals surface area contributed by atoms with Gasteiger partial charge in [-0.25, -0.2) is 0 Å². The first-order chi connectivity index (χ1) is 5.68. The minimum atomic E-state index is -0.0916. The minimum absolute atomic E-state index is 0.0916. The molecule has 1 rings (SSSR count). The molecule has 0 unspecified atom stereocenters. The Morgan fingerprint density at radius 1 is 1.50 bits per heavy atom. The van der Waals surface area contributed by atoms with Crippen LogP contribution in [0.4, 0.5) is 0 Å². The standard InChI is InChI=1S/C8H16N2OS/c9-8(12)3-6-10-4-1-7(11)2-5-10/h7,11H,1-6H2,(H2,9,12). The van der Waals surface area contributed by atoms with Crippen molar-refractivity contribution in [3.8, 4) is 0 Å². The third-order valence-electron chi connectivity index (χ3n) is 2.23. The van der Waals surface area contributed by atoms with Crippen LogP contribution in [0.15, 0.2) is 0 Å². The fourth-order valence-corrected chi connectivity index (χ4v) is 1.50. The molecular weight excluding hydrogens is 172 g/mol. The van der Waals surface area contributed by atoms with E-state index in [1.165, 1.54) is 0 Å². The predicted octanol–water partition coefficient (Wildman–Crippen LogP) is 0.119. The van der Waals surface area contributed by atoms with Crippen molar-refractivity contribution in [2.45, 2.75) is 25.4 Å².